The third-order valence-electron chi connectivity index (χ3n) is 4.18. The van der Waals surface area contributed by atoms with E-state index >= 15 is 0 Å². The van der Waals surface area contributed by atoms with Crippen molar-refractivity contribution in [2.24, 2.45) is 0 Å². The molecular weight excluding hydrogens is 346 g/mol. The first kappa shape index (κ1) is 16.6. The van der Waals surface area contributed by atoms with E-state index in [2.05, 4.69) is 21.7 Å². The molecule has 0 atom stereocenters. The summed E-state index contributed by atoms with van der Waals surface area (Å²) in [5, 5.41) is 9.46. The smallest absolute Gasteiger partial charge is 0.277 e. The number of thioether (sulfide) groups is 1. The van der Waals surface area contributed by atoms with E-state index < -0.39 is 0 Å². The minimum atomic E-state index is 0.0536. The number of fused-ring (bicyclic) bond motifs is 1. The first-order chi connectivity index (χ1) is 12.8. The van der Waals surface area contributed by atoms with Gasteiger partial charge in [0.15, 0.2) is 5.78 Å². The summed E-state index contributed by atoms with van der Waals surface area (Å²) in [6.45, 7) is 2.89. The van der Waals surface area contributed by atoms with Crippen molar-refractivity contribution < 1.29 is 9.21 Å². The predicted molar refractivity (Wildman–Crippen MR) is 102 cm³/mol. The molecule has 130 valence electrons. The maximum absolute atomic E-state index is 12.7. The average Bonchev–Trinajstić information content (AvgIpc) is 3.31. The van der Waals surface area contributed by atoms with Gasteiger partial charge in [0, 0.05) is 34.8 Å². The molecule has 5 nitrogen and oxygen atoms in total. The lowest BCUT2D eigenvalue weighted by atomic mass is 10.1. The Morgan fingerprint density at radius 1 is 1.08 bits per heavy atom. The molecular formula is C20H17N3O2S. The van der Waals surface area contributed by atoms with Gasteiger partial charge in [-0.1, -0.05) is 48.2 Å². The molecule has 0 aliphatic rings. The van der Waals surface area contributed by atoms with E-state index in [0.29, 0.717) is 11.1 Å². The molecule has 2 heterocycles. The average molecular weight is 363 g/mol. The zero-order chi connectivity index (χ0) is 17.9. The largest absolute Gasteiger partial charge is 0.411 e. The molecule has 2 aromatic heterocycles. The molecule has 26 heavy (non-hydrogen) atoms. The molecule has 4 aromatic rings. The number of Topliss-reactive ketones (excluding diaryl/α,β-unsaturated/α-hetero) is 1. The quantitative estimate of drug-likeness (QED) is 0.367. The maximum Gasteiger partial charge on any atom is 0.277 e. The van der Waals surface area contributed by atoms with E-state index in [0.717, 1.165) is 28.6 Å². The van der Waals surface area contributed by atoms with E-state index in [-0.39, 0.29) is 11.5 Å². The highest BCUT2D eigenvalue weighted by atomic mass is 32.2. The summed E-state index contributed by atoms with van der Waals surface area (Å²) in [6, 6.07) is 17.5. The van der Waals surface area contributed by atoms with Gasteiger partial charge in [0.05, 0.1) is 5.75 Å². The maximum atomic E-state index is 12.7. The van der Waals surface area contributed by atoms with Crippen LogP contribution in [0.4, 0.5) is 0 Å². The Balaban J connectivity index is 1.51. The molecule has 0 unspecified atom stereocenters. The molecule has 0 saturated heterocycles. The highest BCUT2D eigenvalue weighted by molar-refractivity contribution is 7.99. The van der Waals surface area contributed by atoms with Gasteiger partial charge in [-0.2, -0.15) is 0 Å². The summed E-state index contributed by atoms with van der Waals surface area (Å²) in [5.74, 6) is 0.773. The summed E-state index contributed by atoms with van der Waals surface area (Å²) in [6.07, 6.45) is 1.93. The van der Waals surface area contributed by atoms with Gasteiger partial charge in [0.25, 0.3) is 5.22 Å². The minimum Gasteiger partial charge on any atom is -0.411 e. The van der Waals surface area contributed by atoms with E-state index in [1.807, 2.05) is 60.8 Å². The van der Waals surface area contributed by atoms with Crippen LogP contribution in [0.5, 0.6) is 0 Å². The number of aromatic nitrogens is 3. The second-order valence-electron chi connectivity index (χ2n) is 5.80. The first-order valence-corrected chi connectivity index (χ1v) is 9.37. The second-order valence-corrected chi connectivity index (χ2v) is 6.72. The molecule has 2 aromatic carbocycles. The lowest BCUT2D eigenvalue weighted by Crippen LogP contribution is -2.01. The topological polar surface area (TPSA) is 60.9 Å². The lowest BCUT2D eigenvalue weighted by molar-refractivity contribution is 0.102. The Hall–Kier alpha value is -2.86. The van der Waals surface area contributed by atoms with Crippen LogP contribution in [-0.4, -0.2) is 26.3 Å². The molecule has 0 aliphatic carbocycles. The Morgan fingerprint density at radius 2 is 1.85 bits per heavy atom. The van der Waals surface area contributed by atoms with Crippen molar-refractivity contribution in [2.45, 2.75) is 18.7 Å². The summed E-state index contributed by atoms with van der Waals surface area (Å²) in [7, 11) is 0. The van der Waals surface area contributed by atoms with Crippen molar-refractivity contribution in [1.82, 2.24) is 14.8 Å². The van der Waals surface area contributed by atoms with E-state index in [1.165, 1.54) is 11.8 Å². The third-order valence-corrected chi connectivity index (χ3v) is 5.00. The van der Waals surface area contributed by atoms with Crippen LogP contribution in [0.15, 0.2) is 70.4 Å². The Kier molecular flexibility index (Phi) is 4.58. The lowest BCUT2D eigenvalue weighted by Gasteiger charge is -1.98. The number of aryl methyl sites for hydroxylation is 1. The summed E-state index contributed by atoms with van der Waals surface area (Å²) < 4.78 is 7.74. The summed E-state index contributed by atoms with van der Waals surface area (Å²) in [4.78, 5) is 12.7. The molecule has 0 amide bonds. The van der Waals surface area contributed by atoms with E-state index in [4.69, 9.17) is 4.42 Å². The summed E-state index contributed by atoms with van der Waals surface area (Å²) in [5.41, 5.74) is 2.68. The van der Waals surface area contributed by atoms with Crippen LogP contribution in [0.3, 0.4) is 0 Å². The third kappa shape index (κ3) is 3.15. The van der Waals surface area contributed by atoms with Crippen molar-refractivity contribution in [3.63, 3.8) is 0 Å². The standard InChI is InChI=1S/C20H17N3O2S/c1-2-23-12-16(15-10-6-7-11-17(15)23)18(24)13-26-20-22-21-19(25-20)14-8-4-3-5-9-14/h3-12H,2,13H2,1H3. The van der Waals surface area contributed by atoms with Gasteiger partial charge in [-0.05, 0) is 25.1 Å². The van der Waals surface area contributed by atoms with Crippen molar-refractivity contribution in [3.05, 3.63) is 66.4 Å². The normalized spacial score (nSPS) is 11.1. The van der Waals surface area contributed by atoms with E-state index in [1.54, 1.807) is 0 Å². The van der Waals surface area contributed by atoms with Crippen LogP contribution < -0.4 is 0 Å². The number of carbonyl (C=O) groups excluding carboxylic acids is 1. The molecule has 0 saturated carbocycles. The number of ketones is 1. The van der Waals surface area contributed by atoms with Gasteiger partial charge in [-0.25, -0.2) is 0 Å². The fourth-order valence-corrected chi connectivity index (χ4v) is 3.55. The van der Waals surface area contributed by atoms with Crippen LogP contribution in [0.25, 0.3) is 22.4 Å². The molecule has 6 heteroatoms. The number of hydrogen-bond donors (Lipinski definition) is 0. The molecule has 4 rings (SSSR count). The number of nitrogens with zero attached hydrogens (tertiary/aromatic N) is 3. The molecule has 0 spiro atoms. The van der Waals surface area contributed by atoms with Crippen molar-refractivity contribution in [2.75, 3.05) is 5.75 Å². The van der Waals surface area contributed by atoms with Crippen LogP contribution in [0.1, 0.15) is 17.3 Å². The predicted octanol–water partition coefficient (Wildman–Crippen LogP) is 4.69. The van der Waals surface area contributed by atoms with Crippen molar-refractivity contribution in [1.29, 1.82) is 0 Å². The molecule has 0 fully saturated rings. The van der Waals surface area contributed by atoms with E-state index in [9.17, 15) is 4.79 Å². The van der Waals surface area contributed by atoms with Crippen LogP contribution >= 0.6 is 11.8 Å². The fourth-order valence-electron chi connectivity index (χ4n) is 2.90. The van der Waals surface area contributed by atoms with Crippen LogP contribution in [0, 0.1) is 0 Å². The fraction of sp³-hybridized carbons (Fsp3) is 0.150. The Morgan fingerprint density at radius 3 is 2.65 bits per heavy atom. The Bertz CT molecular complexity index is 1050. The first-order valence-electron chi connectivity index (χ1n) is 8.39. The number of benzene rings is 2. The highest BCUT2D eigenvalue weighted by Crippen LogP contribution is 2.26. The zero-order valence-corrected chi connectivity index (χ0v) is 15.1. The van der Waals surface area contributed by atoms with Gasteiger partial charge in [-0.15, -0.1) is 10.2 Å². The number of carbonyl (C=O) groups is 1. The van der Waals surface area contributed by atoms with Gasteiger partial charge in [-0.3, -0.25) is 4.79 Å². The van der Waals surface area contributed by atoms with Crippen LogP contribution in [-0.2, 0) is 6.54 Å². The SMILES string of the molecule is CCn1cc(C(=O)CSc2nnc(-c3ccccc3)o2)c2ccccc21. The monoisotopic (exact) mass is 363 g/mol. The minimum absolute atomic E-state index is 0.0536. The number of rotatable bonds is 6. The van der Waals surface area contributed by atoms with Crippen LogP contribution in [0.2, 0.25) is 0 Å². The zero-order valence-electron chi connectivity index (χ0n) is 14.3. The highest BCUT2D eigenvalue weighted by Gasteiger charge is 2.16. The van der Waals surface area contributed by atoms with Gasteiger partial charge in [0.1, 0.15) is 0 Å². The van der Waals surface area contributed by atoms with Crippen molar-refractivity contribution >= 4 is 28.4 Å². The molecule has 0 N–H and O–H groups in total. The second kappa shape index (κ2) is 7.17. The number of hydrogen-bond acceptors (Lipinski definition) is 5. The summed E-state index contributed by atoms with van der Waals surface area (Å²) >= 11 is 1.27. The Labute approximate surface area is 155 Å². The van der Waals surface area contributed by atoms with Gasteiger partial charge >= 0.3 is 0 Å². The molecule has 0 aliphatic heterocycles. The number of para-hydroxylation sites is 1. The van der Waals surface area contributed by atoms with Gasteiger partial charge < -0.3 is 8.98 Å². The molecule has 0 radical (unpaired) electrons. The van der Waals surface area contributed by atoms with Gasteiger partial charge in [0.2, 0.25) is 5.89 Å². The van der Waals surface area contributed by atoms with Crippen molar-refractivity contribution in [3.8, 4) is 11.5 Å². The molecule has 0 bridgehead atoms.